The number of urea groups is 1. The Labute approximate surface area is 124 Å². The zero-order valence-corrected chi connectivity index (χ0v) is 12.3. The van der Waals surface area contributed by atoms with Gasteiger partial charge in [-0.2, -0.15) is 0 Å². The molecule has 7 nitrogen and oxygen atoms in total. The fourth-order valence-corrected chi connectivity index (χ4v) is 2.68. The van der Waals surface area contributed by atoms with Gasteiger partial charge in [0.1, 0.15) is 6.04 Å². The third-order valence-electron chi connectivity index (χ3n) is 3.97. The van der Waals surface area contributed by atoms with Gasteiger partial charge in [-0.05, 0) is 32.1 Å². The number of carbonyl (C=O) groups is 3. The predicted octanol–water partition coefficient (Wildman–Crippen LogP) is 1.57. The molecule has 2 unspecified atom stereocenters. The molecule has 0 aromatic heterocycles. The Morgan fingerprint density at radius 1 is 1.10 bits per heavy atom. The van der Waals surface area contributed by atoms with Crippen molar-refractivity contribution >= 4 is 18.0 Å². The van der Waals surface area contributed by atoms with Crippen LogP contribution in [0.15, 0.2) is 0 Å². The van der Waals surface area contributed by atoms with E-state index in [4.69, 9.17) is 10.2 Å². The fraction of sp³-hybridized carbons (Fsp3) is 0.786. The van der Waals surface area contributed by atoms with Crippen molar-refractivity contribution in [2.24, 2.45) is 5.92 Å². The number of aliphatic carboxylic acids is 2. The van der Waals surface area contributed by atoms with Gasteiger partial charge in [-0.15, -0.1) is 0 Å². The Morgan fingerprint density at radius 3 is 2.24 bits per heavy atom. The van der Waals surface area contributed by atoms with Crippen molar-refractivity contribution in [2.45, 2.75) is 64.0 Å². The number of carboxylic acid groups (broad SMARTS) is 2. The molecule has 1 rings (SSSR count). The molecule has 0 spiro atoms. The Morgan fingerprint density at radius 2 is 1.71 bits per heavy atom. The van der Waals surface area contributed by atoms with Crippen LogP contribution in [-0.4, -0.2) is 40.3 Å². The summed E-state index contributed by atoms with van der Waals surface area (Å²) in [5.41, 5.74) is 0. The summed E-state index contributed by atoms with van der Waals surface area (Å²) in [5, 5.41) is 22.6. The SMILES string of the molecule is CC(NC(=O)NC(CCC(=O)O)C(=O)O)C1CCCCC1. The minimum Gasteiger partial charge on any atom is -0.481 e. The normalized spacial score (nSPS) is 18.5. The molecule has 1 saturated carbocycles. The van der Waals surface area contributed by atoms with E-state index in [-0.39, 0.29) is 18.9 Å². The molecule has 2 amide bonds. The summed E-state index contributed by atoms with van der Waals surface area (Å²) < 4.78 is 0. The van der Waals surface area contributed by atoms with Gasteiger partial charge in [0.05, 0.1) is 0 Å². The topological polar surface area (TPSA) is 116 Å². The summed E-state index contributed by atoms with van der Waals surface area (Å²) in [6, 6.07) is -1.75. The molecule has 0 aromatic rings. The number of carbonyl (C=O) groups excluding carboxylic acids is 1. The Kier molecular flexibility index (Phi) is 6.98. The molecule has 0 saturated heterocycles. The molecule has 1 fully saturated rings. The second-order valence-electron chi connectivity index (χ2n) is 5.63. The Hall–Kier alpha value is -1.79. The van der Waals surface area contributed by atoms with Gasteiger partial charge in [-0.25, -0.2) is 9.59 Å². The van der Waals surface area contributed by atoms with Crippen LogP contribution in [0, 0.1) is 5.92 Å². The molecule has 120 valence electrons. The highest BCUT2D eigenvalue weighted by molar-refractivity contribution is 5.83. The molecule has 21 heavy (non-hydrogen) atoms. The summed E-state index contributed by atoms with van der Waals surface area (Å²) in [7, 11) is 0. The van der Waals surface area contributed by atoms with E-state index in [1.165, 1.54) is 6.42 Å². The van der Waals surface area contributed by atoms with Crippen molar-refractivity contribution in [3.8, 4) is 0 Å². The number of hydrogen-bond donors (Lipinski definition) is 4. The second kappa shape index (κ2) is 8.49. The average Bonchev–Trinajstić information content (AvgIpc) is 2.43. The van der Waals surface area contributed by atoms with Gasteiger partial charge < -0.3 is 20.8 Å². The molecule has 2 atom stereocenters. The van der Waals surface area contributed by atoms with Crippen LogP contribution in [0.4, 0.5) is 4.79 Å². The van der Waals surface area contributed by atoms with Crippen LogP contribution in [0.25, 0.3) is 0 Å². The van der Waals surface area contributed by atoms with Crippen molar-refractivity contribution in [3.63, 3.8) is 0 Å². The van der Waals surface area contributed by atoms with Crippen molar-refractivity contribution in [1.82, 2.24) is 10.6 Å². The molecule has 0 bridgehead atoms. The molecule has 0 aromatic carbocycles. The van der Waals surface area contributed by atoms with Gasteiger partial charge in [0.2, 0.25) is 0 Å². The Bertz CT molecular complexity index is 380. The lowest BCUT2D eigenvalue weighted by molar-refractivity contribution is -0.140. The number of hydrogen-bond acceptors (Lipinski definition) is 3. The lowest BCUT2D eigenvalue weighted by Gasteiger charge is -2.28. The van der Waals surface area contributed by atoms with E-state index in [0.717, 1.165) is 25.7 Å². The van der Waals surface area contributed by atoms with Crippen molar-refractivity contribution < 1.29 is 24.6 Å². The second-order valence-corrected chi connectivity index (χ2v) is 5.63. The highest BCUT2D eigenvalue weighted by Crippen LogP contribution is 2.26. The van der Waals surface area contributed by atoms with Gasteiger partial charge in [-0.3, -0.25) is 4.79 Å². The minimum absolute atomic E-state index is 0.0146. The molecular weight excluding hydrogens is 276 g/mol. The maximum absolute atomic E-state index is 11.8. The van der Waals surface area contributed by atoms with Crippen molar-refractivity contribution in [1.29, 1.82) is 0 Å². The van der Waals surface area contributed by atoms with E-state index in [2.05, 4.69) is 10.6 Å². The highest BCUT2D eigenvalue weighted by Gasteiger charge is 2.24. The van der Waals surface area contributed by atoms with Crippen LogP contribution in [0.3, 0.4) is 0 Å². The zero-order valence-electron chi connectivity index (χ0n) is 12.3. The third kappa shape index (κ3) is 6.46. The van der Waals surface area contributed by atoms with E-state index in [0.29, 0.717) is 5.92 Å². The first-order chi connectivity index (χ1) is 9.90. The summed E-state index contributed by atoms with van der Waals surface area (Å²) in [4.78, 5) is 33.3. The van der Waals surface area contributed by atoms with Crippen LogP contribution in [0.5, 0.6) is 0 Å². The molecule has 0 radical (unpaired) electrons. The molecule has 0 heterocycles. The molecule has 1 aliphatic rings. The quantitative estimate of drug-likeness (QED) is 0.569. The number of amides is 2. The first-order valence-corrected chi connectivity index (χ1v) is 7.41. The van der Waals surface area contributed by atoms with Crippen LogP contribution < -0.4 is 10.6 Å². The monoisotopic (exact) mass is 300 g/mol. The summed E-state index contributed by atoms with van der Waals surface area (Å²) in [5.74, 6) is -1.89. The van der Waals surface area contributed by atoms with E-state index >= 15 is 0 Å². The smallest absolute Gasteiger partial charge is 0.326 e. The molecule has 0 aliphatic heterocycles. The fourth-order valence-electron chi connectivity index (χ4n) is 2.68. The lowest BCUT2D eigenvalue weighted by atomic mass is 9.85. The summed E-state index contributed by atoms with van der Waals surface area (Å²) in [6.45, 7) is 1.92. The third-order valence-corrected chi connectivity index (χ3v) is 3.97. The van der Waals surface area contributed by atoms with Crippen molar-refractivity contribution in [3.05, 3.63) is 0 Å². The summed E-state index contributed by atoms with van der Waals surface area (Å²) in [6.07, 6.45) is 5.27. The standard InChI is InChI=1S/C14H24N2O5/c1-9(10-5-3-2-4-6-10)15-14(21)16-11(13(19)20)7-8-12(17)18/h9-11H,2-8H2,1H3,(H,17,18)(H,19,20)(H2,15,16,21). The predicted molar refractivity (Wildman–Crippen MR) is 76.0 cm³/mol. The van der Waals surface area contributed by atoms with Gasteiger partial charge in [0.25, 0.3) is 0 Å². The maximum Gasteiger partial charge on any atom is 0.326 e. The van der Waals surface area contributed by atoms with Crippen LogP contribution in [0.1, 0.15) is 51.9 Å². The minimum atomic E-state index is -1.23. The summed E-state index contributed by atoms with van der Waals surface area (Å²) >= 11 is 0. The molecule has 1 aliphatic carbocycles. The van der Waals surface area contributed by atoms with Gasteiger partial charge in [0.15, 0.2) is 0 Å². The van der Waals surface area contributed by atoms with Gasteiger partial charge in [-0.1, -0.05) is 19.3 Å². The zero-order chi connectivity index (χ0) is 15.8. The highest BCUT2D eigenvalue weighted by atomic mass is 16.4. The molecular formula is C14H24N2O5. The number of rotatable bonds is 7. The van der Waals surface area contributed by atoms with Crippen LogP contribution >= 0.6 is 0 Å². The van der Waals surface area contributed by atoms with E-state index < -0.39 is 24.0 Å². The lowest BCUT2D eigenvalue weighted by Crippen LogP contribution is -2.50. The molecule has 7 heteroatoms. The number of nitrogens with one attached hydrogen (secondary N) is 2. The Balaban J connectivity index is 2.41. The van der Waals surface area contributed by atoms with Crippen LogP contribution in [-0.2, 0) is 9.59 Å². The first kappa shape index (κ1) is 17.3. The average molecular weight is 300 g/mol. The van der Waals surface area contributed by atoms with Gasteiger partial charge in [0, 0.05) is 12.5 Å². The van der Waals surface area contributed by atoms with Gasteiger partial charge >= 0.3 is 18.0 Å². The largest absolute Gasteiger partial charge is 0.481 e. The number of carboxylic acids is 2. The molecule has 4 N–H and O–H groups in total. The first-order valence-electron chi connectivity index (χ1n) is 7.41. The van der Waals surface area contributed by atoms with Crippen molar-refractivity contribution in [2.75, 3.05) is 0 Å². The van der Waals surface area contributed by atoms with E-state index in [1.807, 2.05) is 6.92 Å². The van der Waals surface area contributed by atoms with Crippen LogP contribution in [0.2, 0.25) is 0 Å². The maximum atomic E-state index is 11.8. The van der Waals surface area contributed by atoms with E-state index in [9.17, 15) is 14.4 Å². The van der Waals surface area contributed by atoms with E-state index in [1.54, 1.807) is 0 Å².